The Morgan fingerprint density at radius 1 is 1.22 bits per heavy atom. The molecule has 7 heteroatoms. The molecule has 32 heavy (non-hydrogen) atoms. The predicted octanol–water partition coefficient (Wildman–Crippen LogP) is 4.05. The van der Waals surface area contributed by atoms with E-state index in [-0.39, 0.29) is 24.8 Å². The van der Waals surface area contributed by atoms with Crippen molar-refractivity contribution in [2.24, 2.45) is 5.92 Å². The maximum absolute atomic E-state index is 13.1. The molecular weight excluding hydrogens is 406 g/mol. The normalized spacial score (nSPS) is 15.5. The van der Waals surface area contributed by atoms with Gasteiger partial charge in [0.25, 0.3) is 5.91 Å². The largest absolute Gasteiger partial charge is 0.507 e. The van der Waals surface area contributed by atoms with Crippen molar-refractivity contribution in [1.82, 2.24) is 15.1 Å². The van der Waals surface area contributed by atoms with Crippen molar-refractivity contribution in [3.63, 3.8) is 0 Å². The lowest BCUT2D eigenvalue weighted by molar-refractivity contribution is 0.0706. The third-order valence-corrected chi connectivity index (χ3v) is 5.75. The number of carbonyl (C=O) groups is 1. The van der Waals surface area contributed by atoms with Gasteiger partial charge >= 0.3 is 0 Å². The fourth-order valence-electron chi connectivity index (χ4n) is 4.11. The number of carbonyl (C=O) groups excluding carboxylic acids is 1. The van der Waals surface area contributed by atoms with Crippen LogP contribution in [0.5, 0.6) is 11.5 Å². The van der Waals surface area contributed by atoms with Gasteiger partial charge in [-0.25, -0.2) is 0 Å². The highest BCUT2D eigenvalue weighted by atomic mass is 16.5. The Hall–Kier alpha value is -3.32. The monoisotopic (exact) mass is 435 g/mol. The molecule has 0 spiro atoms. The zero-order valence-corrected chi connectivity index (χ0v) is 18.6. The first-order chi connectivity index (χ1) is 15.4. The Balaban J connectivity index is 1.78. The van der Waals surface area contributed by atoms with Gasteiger partial charge in [-0.3, -0.25) is 9.89 Å². The molecule has 1 unspecified atom stereocenters. The van der Waals surface area contributed by atoms with Crippen LogP contribution in [0.1, 0.15) is 53.5 Å². The minimum atomic E-state index is -0.452. The van der Waals surface area contributed by atoms with E-state index in [1.807, 2.05) is 43.3 Å². The molecule has 0 aliphatic carbocycles. The molecule has 1 amide bonds. The van der Waals surface area contributed by atoms with E-state index in [1.54, 1.807) is 11.0 Å². The number of aromatic amines is 1. The van der Waals surface area contributed by atoms with E-state index in [0.717, 1.165) is 23.3 Å². The van der Waals surface area contributed by atoms with Gasteiger partial charge in [-0.2, -0.15) is 5.10 Å². The van der Waals surface area contributed by atoms with Gasteiger partial charge in [0.05, 0.1) is 19.3 Å². The summed E-state index contributed by atoms with van der Waals surface area (Å²) >= 11 is 0. The van der Waals surface area contributed by atoms with Crippen LogP contribution in [-0.4, -0.2) is 51.0 Å². The van der Waals surface area contributed by atoms with Gasteiger partial charge in [-0.05, 0) is 49.1 Å². The number of ether oxygens (including phenoxy) is 1. The first-order valence-electron chi connectivity index (χ1n) is 10.9. The summed E-state index contributed by atoms with van der Waals surface area (Å²) in [6.07, 6.45) is 0.950. The predicted molar refractivity (Wildman–Crippen MR) is 122 cm³/mol. The van der Waals surface area contributed by atoms with Gasteiger partial charge in [0.2, 0.25) is 0 Å². The number of phenolic OH excluding ortho intramolecular Hbond substituents is 1. The van der Waals surface area contributed by atoms with Crippen LogP contribution in [0, 0.1) is 12.8 Å². The SMILES string of the molecule is Cc1ccc(O)c(-c2n[nH]c3c2C(c2cccc(OCCC(C)C)c2)N(CCO)C3=O)c1. The van der Waals surface area contributed by atoms with Crippen LogP contribution in [0.3, 0.4) is 0 Å². The lowest BCUT2D eigenvalue weighted by Crippen LogP contribution is -2.32. The number of hydrogen-bond donors (Lipinski definition) is 3. The Kier molecular flexibility index (Phi) is 6.19. The molecule has 0 saturated carbocycles. The Morgan fingerprint density at radius 2 is 2.03 bits per heavy atom. The van der Waals surface area contributed by atoms with Crippen LogP contribution in [0.4, 0.5) is 0 Å². The van der Waals surface area contributed by atoms with Gasteiger partial charge in [-0.1, -0.05) is 37.6 Å². The van der Waals surface area contributed by atoms with Crippen LogP contribution in [-0.2, 0) is 0 Å². The number of aryl methyl sites for hydroxylation is 1. The van der Waals surface area contributed by atoms with Crippen molar-refractivity contribution >= 4 is 5.91 Å². The molecule has 168 valence electrons. The van der Waals surface area contributed by atoms with Gasteiger partial charge in [0, 0.05) is 17.7 Å². The number of nitrogens with zero attached hydrogens (tertiary/aromatic N) is 2. The smallest absolute Gasteiger partial charge is 0.273 e. The first-order valence-corrected chi connectivity index (χ1v) is 10.9. The molecule has 2 aromatic carbocycles. The van der Waals surface area contributed by atoms with Crippen molar-refractivity contribution in [1.29, 1.82) is 0 Å². The van der Waals surface area contributed by atoms with Crippen molar-refractivity contribution < 1.29 is 19.7 Å². The highest BCUT2D eigenvalue weighted by Gasteiger charge is 2.42. The molecule has 1 aromatic heterocycles. The van der Waals surface area contributed by atoms with E-state index in [9.17, 15) is 15.0 Å². The number of aromatic hydroxyl groups is 1. The molecule has 2 heterocycles. The standard InChI is InChI=1S/C25H29N3O4/c1-15(2)9-12-32-18-6-4-5-17(14-18)24-21-22(19-13-16(3)7-8-20(19)30)26-27-23(21)25(31)28(24)10-11-29/h4-8,13-15,24,29-30H,9-12H2,1-3H3,(H,26,27). The molecule has 1 aliphatic heterocycles. The number of aromatic nitrogens is 2. The summed E-state index contributed by atoms with van der Waals surface area (Å²) < 4.78 is 5.94. The van der Waals surface area contributed by atoms with Crippen molar-refractivity contribution in [2.45, 2.75) is 33.2 Å². The molecule has 7 nitrogen and oxygen atoms in total. The molecule has 1 aliphatic rings. The minimum absolute atomic E-state index is 0.0995. The van der Waals surface area contributed by atoms with Crippen LogP contribution < -0.4 is 4.74 Å². The summed E-state index contributed by atoms with van der Waals surface area (Å²) in [5.74, 6) is 1.15. The van der Waals surface area contributed by atoms with Crippen molar-refractivity contribution in [2.75, 3.05) is 19.8 Å². The summed E-state index contributed by atoms with van der Waals surface area (Å²) in [4.78, 5) is 14.8. The molecule has 0 radical (unpaired) electrons. The highest BCUT2D eigenvalue weighted by Crippen LogP contribution is 2.44. The fraction of sp³-hybridized carbons (Fsp3) is 0.360. The molecule has 3 aromatic rings. The topological polar surface area (TPSA) is 98.7 Å². The van der Waals surface area contributed by atoms with Crippen molar-refractivity contribution in [3.05, 3.63) is 64.8 Å². The second kappa shape index (κ2) is 9.04. The van der Waals surface area contributed by atoms with E-state index < -0.39 is 6.04 Å². The van der Waals surface area contributed by atoms with E-state index in [1.165, 1.54) is 0 Å². The van der Waals surface area contributed by atoms with Gasteiger partial charge in [-0.15, -0.1) is 0 Å². The summed E-state index contributed by atoms with van der Waals surface area (Å²) in [7, 11) is 0. The highest BCUT2D eigenvalue weighted by molar-refractivity contribution is 6.00. The molecule has 1 atom stereocenters. The number of amides is 1. The third kappa shape index (κ3) is 4.08. The Morgan fingerprint density at radius 3 is 2.78 bits per heavy atom. The zero-order chi connectivity index (χ0) is 22.8. The summed E-state index contributed by atoms with van der Waals surface area (Å²) in [5.41, 5.74) is 4.02. The zero-order valence-electron chi connectivity index (χ0n) is 18.6. The third-order valence-electron chi connectivity index (χ3n) is 5.75. The van der Waals surface area contributed by atoms with Gasteiger partial charge < -0.3 is 19.8 Å². The summed E-state index contributed by atoms with van der Waals surface area (Å²) in [5, 5.41) is 27.4. The summed E-state index contributed by atoms with van der Waals surface area (Å²) in [6, 6.07) is 12.5. The number of aliphatic hydroxyl groups is 1. The van der Waals surface area contributed by atoms with Crippen molar-refractivity contribution in [3.8, 4) is 22.8 Å². The average molecular weight is 436 g/mol. The second-order valence-electron chi connectivity index (χ2n) is 8.61. The Labute approximate surface area is 187 Å². The minimum Gasteiger partial charge on any atom is -0.507 e. The second-order valence-corrected chi connectivity index (χ2v) is 8.61. The number of fused-ring (bicyclic) bond motifs is 1. The van der Waals surface area contributed by atoms with Crippen LogP contribution in [0.2, 0.25) is 0 Å². The van der Waals surface area contributed by atoms with Gasteiger partial charge in [0.15, 0.2) is 0 Å². The molecule has 0 fully saturated rings. The number of hydrogen-bond acceptors (Lipinski definition) is 5. The number of H-pyrrole nitrogens is 1. The molecule has 0 bridgehead atoms. The fourth-order valence-corrected chi connectivity index (χ4v) is 4.11. The lowest BCUT2D eigenvalue weighted by Gasteiger charge is -2.26. The van der Waals surface area contributed by atoms with E-state index in [0.29, 0.717) is 35.0 Å². The summed E-state index contributed by atoms with van der Waals surface area (Å²) in [6.45, 7) is 6.89. The molecular formula is C25H29N3O4. The lowest BCUT2D eigenvalue weighted by atomic mass is 9.95. The average Bonchev–Trinajstić information content (AvgIpc) is 3.29. The molecule has 3 N–H and O–H groups in total. The number of β-amino-alcohol motifs (C(OH)–C–C–N with tert-alkyl or cyclic N) is 1. The number of aliphatic hydroxyl groups excluding tert-OH is 1. The van der Waals surface area contributed by atoms with E-state index in [2.05, 4.69) is 24.0 Å². The number of phenols is 1. The molecule has 4 rings (SSSR count). The van der Waals surface area contributed by atoms with E-state index in [4.69, 9.17) is 4.74 Å². The maximum Gasteiger partial charge on any atom is 0.273 e. The quantitative estimate of drug-likeness (QED) is 0.496. The number of rotatable bonds is 8. The maximum atomic E-state index is 13.1. The van der Waals surface area contributed by atoms with E-state index >= 15 is 0 Å². The number of nitrogens with one attached hydrogen (secondary N) is 1. The number of benzene rings is 2. The van der Waals surface area contributed by atoms with Gasteiger partial charge in [0.1, 0.15) is 22.9 Å². The Bertz CT molecular complexity index is 1120. The van der Waals surface area contributed by atoms with Crippen LogP contribution in [0.25, 0.3) is 11.3 Å². The first kappa shape index (κ1) is 21.9. The van der Waals surface area contributed by atoms with Crippen LogP contribution >= 0.6 is 0 Å². The molecule has 0 saturated heterocycles. The van der Waals surface area contributed by atoms with Crippen LogP contribution in [0.15, 0.2) is 42.5 Å².